The van der Waals surface area contributed by atoms with Crippen molar-refractivity contribution in [2.24, 2.45) is 0 Å². The maximum atomic E-state index is 5.28. The van der Waals surface area contributed by atoms with Crippen LogP contribution in [0.1, 0.15) is 6.42 Å². The monoisotopic (exact) mass is 206 g/mol. The van der Waals surface area contributed by atoms with E-state index in [9.17, 15) is 0 Å². The average molecular weight is 206 g/mol. The highest BCUT2D eigenvalue weighted by molar-refractivity contribution is 6.60. The number of rotatable bonds is 7. The molecule has 12 heavy (non-hydrogen) atoms. The van der Waals surface area contributed by atoms with E-state index in [1.165, 1.54) is 6.04 Å². The average Bonchev–Trinajstić information content (AvgIpc) is 2.14. The molecule has 5 heteroatoms. The zero-order chi connectivity index (χ0) is 9.45. The molecule has 0 aliphatic rings. The Labute approximate surface area is 78.6 Å². The molecule has 0 rings (SSSR count). The molecule has 0 heterocycles. The standard InChI is InChI=1S/C7H18O3Si2/c1-8-12(9-2,10-3)7-5-6-11-4/h5-7H2,1-4H3. The Balaban J connectivity index is 3.76. The Hall–Kier alpha value is 0.314. The van der Waals surface area contributed by atoms with Crippen LogP contribution in [0.25, 0.3) is 0 Å². The summed E-state index contributed by atoms with van der Waals surface area (Å²) in [4.78, 5) is 0. The van der Waals surface area contributed by atoms with Crippen molar-refractivity contribution in [2.45, 2.75) is 25.1 Å². The van der Waals surface area contributed by atoms with Gasteiger partial charge in [0.2, 0.25) is 0 Å². The lowest BCUT2D eigenvalue weighted by atomic mass is 10.6. The van der Waals surface area contributed by atoms with Crippen LogP contribution in [-0.4, -0.2) is 39.7 Å². The SMILES string of the molecule is CO[Si](CCC[Si]C)(OC)OC. The van der Waals surface area contributed by atoms with Gasteiger partial charge >= 0.3 is 8.80 Å². The van der Waals surface area contributed by atoms with Gasteiger partial charge in [0.25, 0.3) is 0 Å². The topological polar surface area (TPSA) is 27.7 Å². The molecule has 0 bridgehead atoms. The van der Waals surface area contributed by atoms with E-state index in [0.717, 1.165) is 22.0 Å². The summed E-state index contributed by atoms with van der Waals surface area (Å²) in [6.07, 6.45) is 1.14. The lowest BCUT2D eigenvalue weighted by Gasteiger charge is -2.23. The fraction of sp³-hybridized carbons (Fsp3) is 1.00. The smallest absolute Gasteiger partial charge is 0.377 e. The van der Waals surface area contributed by atoms with Crippen LogP contribution in [0.5, 0.6) is 0 Å². The van der Waals surface area contributed by atoms with Gasteiger partial charge in [-0.1, -0.05) is 19.0 Å². The van der Waals surface area contributed by atoms with E-state index >= 15 is 0 Å². The van der Waals surface area contributed by atoms with Crippen LogP contribution in [0, 0.1) is 0 Å². The highest BCUT2D eigenvalue weighted by Crippen LogP contribution is 2.15. The van der Waals surface area contributed by atoms with Crippen molar-refractivity contribution in [3.8, 4) is 0 Å². The fourth-order valence-electron chi connectivity index (χ4n) is 1.04. The van der Waals surface area contributed by atoms with Crippen molar-refractivity contribution in [1.29, 1.82) is 0 Å². The summed E-state index contributed by atoms with van der Waals surface area (Å²) in [6.45, 7) is 2.20. The summed E-state index contributed by atoms with van der Waals surface area (Å²) >= 11 is 0. The summed E-state index contributed by atoms with van der Waals surface area (Å²) in [5.74, 6) is 0. The zero-order valence-electron chi connectivity index (χ0n) is 8.35. The second-order valence-electron chi connectivity index (χ2n) is 2.50. The molecule has 0 aromatic carbocycles. The minimum atomic E-state index is -2.25. The highest BCUT2D eigenvalue weighted by Gasteiger charge is 2.36. The first-order valence-corrected chi connectivity index (χ1v) is 7.68. The number of hydrogen-bond donors (Lipinski definition) is 0. The highest BCUT2D eigenvalue weighted by atomic mass is 28.4. The van der Waals surface area contributed by atoms with E-state index in [2.05, 4.69) is 6.55 Å². The lowest BCUT2D eigenvalue weighted by Crippen LogP contribution is -2.42. The molecular formula is C7H18O3Si2. The van der Waals surface area contributed by atoms with Crippen molar-refractivity contribution in [2.75, 3.05) is 21.3 Å². The molecule has 0 unspecified atom stereocenters. The summed E-state index contributed by atoms with van der Waals surface area (Å²) in [6, 6.07) is 2.17. The Morgan fingerprint density at radius 3 is 1.92 bits per heavy atom. The Morgan fingerprint density at radius 1 is 1.08 bits per heavy atom. The van der Waals surface area contributed by atoms with E-state index in [1.54, 1.807) is 21.3 Å². The van der Waals surface area contributed by atoms with E-state index in [1.807, 2.05) is 0 Å². The molecule has 0 amide bonds. The third-order valence-corrected chi connectivity index (χ3v) is 5.53. The largest absolute Gasteiger partial charge is 0.500 e. The molecule has 0 aliphatic carbocycles. The van der Waals surface area contributed by atoms with Crippen LogP contribution < -0.4 is 0 Å². The van der Waals surface area contributed by atoms with Gasteiger partial charge in [-0.25, -0.2) is 0 Å². The maximum absolute atomic E-state index is 5.28. The van der Waals surface area contributed by atoms with Crippen molar-refractivity contribution < 1.29 is 13.3 Å². The lowest BCUT2D eigenvalue weighted by molar-refractivity contribution is 0.123. The van der Waals surface area contributed by atoms with E-state index in [4.69, 9.17) is 13.3 Å². The molecule has 0 spiro atoms. The third-order valence-electron chi connectivity index (χ3n) is 1.84. The van der Waals surface area contributed by atoms with Crippen LogP contribution in [0.4, 0.5) is 0 Å². The number of hydrogen-bond acceptors (Lipinski definition) is 3. The molecule has 0 fully saturated rings. The van der Waals surface area contributed by atoms with E-state index < -0.39 is 8.80 Å². The Bertz CT molecular complexity index is 98.6. The Morgan fingerprint density at radius 2 is 1.58 bits per heavy atom. The van der Waals surface area contributed by atoms with Crippen LogP contribution in [0.2, 0.25) is 18.6 Å². The van der Waals surface area contributed by atoms with Gasteiger partial charge in [0.15, 0.2) is 0 Å². The molecule has 72 valence electrons. The minimum absolute atomic E-state index is 0.928. The summed E-state index contributed by atoms with van der Waals surface area (Å²) < 4.78 is 15.8. The molecule has 0 aromatic heterocycles. The normalized spacial score (nSPS) is 12.0. The quantitative estimate of drug-likeness (QED) is 0.466. The molecule has 2 radical (unpaired) electrons. The third kappa shape index (κ3) is 3.82. The summed E-state index contributed by atoms with van der Waals surface area (Å²) in [5.41, 5.74) is 0. The van der Waals surface area contributed by atoms with Gasteiger partial charge in [0.1, 0.15) is 0 Å². The maximum Gasteiger partial charge on any atom is 0.500 e. The Kier molecular flexibility index (Phi) is 6.97. The van der Waals surface area contributed by atoms with Crippen LogP contribution in [0.3, 0.4) is 0 Å². The van der Waals surface area contributed by atoms with Gasteiger partial charge in [0, 0.05) is 36.9 Å². The molecule has 0 saturated heterocycles. The van der Waals surface area contributed by atoms with Crippen LogP contribution in [-0.2, 0) is 13.3 Å². The second-order valence-corrected chi connectivity index (χ2v) is 6.80. The van der Waals surface area contributed by atoms with Gasteiger partial charge in [0.05, 0.1) is 0 Å². The summed E-state index contributed by atoms with van der Waals surface area (Å²) in [7, 11) is 3.73. The molecule has 0 aromatic rings. The van der Waals surface area contributed by atoms with Crippen molar-refractivity contribution in [3.05, 3.63) is 0 Å². The molecule has 3 nitrogen and oxygen atoms in total. The van der Waals surface area contributed by atoms with Gasteiger partial charge in [-0.15, -0.1) is 0 Å². The van der Waals surface area contributed by atoms with Crippen LogP contribution >= 0.6 is 0 Å². The molecule has 0 saturated carbocycles. The van der Waals surface area contributed by atoms with Gasteiger partial charge in [-0.05, 0) is 0 Å². The second kappa shape index (κ2) is 6.79. The fourth-order valence-corrected chi connectivity index (χ4v) is 3.64. The van der Waals surface area contributed by atoms with Gasteiger partial charge in [-0.3, -0.25) is 0 Å². The minimum Gasteiger partial charge on any atom is -0.377 e. The van der Waals surface area contributed by atoms with Crippen molar-refractivity contribution in [1.82, 2.24) is 0 Å². The first-order valence-electron chi connectivity index (χ1n) is 4.04. The first kappa shape index (κ1) is 12.3. The van der Waals surface area contributed by atoms with Crippen molar-refractivity contribution >= 4 is 18.3 Å². The summed E-state index contributed by atoms with van der Waals surface area (Å²) in [5, 5.41) is 0. The molecule has 0 atom stereocenters. The van der Waals surface area contributed by atoms with Gasteiger partial charge in [-0.2, -0.15) is 0 Å². The van der Waals surface area contributed by atoms with E-state index in [-0.39, 0.29) is 0 Å². The predicted molar refractivity (Wildman–Crippen MR) is 52.6 cm³/mol. The molecule has 0 N–H and O–H groups in total. The first-order chi connectivity index (χ1) is 5.74. The van der Waals surface area contributed by atoms with Gasteiger partial charge < -0.3 is 13.3 Å². The molecule has 0 aliphatic heterocycles. The zero-order valence-corrected chi connectivity index (χ0v) is 10.3. The molecular weight excluding hydrogens is 188 g/mol. The van der Waals surface area contributed by atoms with E-state index in [0.29, 0.717) is 0 Å². The van der Waals surface area contributed by atoms with Crippen molar-refractivity contribution in [3.63, 3.8) is 0 Å². The predicted octanol–water partition coefficient (Wildman–Crippen LogP) is 1.43. The van der Waals surface area contributed by atoms with Crippen LogP contribution in [0.15, 0.2) is 0 Å².